The lowest BCUT2D eigenvalue weighted by Crippen LogP contribution is -2.48. The van der Waals surface area contributed by atoms with Crippen molar-refractivity contribution in [2.75, 3.05) is 26.3 Å². The number of hydrogen-bond donors (Lipinski definition) is 0. The van der Waals surface area contributed by atoms with Crippen molar-refractivity contribution in [1.82, 2.24) is 4.90 Å². The van der Waals surface area contributed by atoms with Crippen LogP contribution in [-0.4, -0.2) is 49.5 Å². The molecule has 2 fully saturated rings. The Balaban J connectivity index is 1.72. The molecule has 2 atom stereocenters. The van der Waals surface area contributed by atoms with E-state index in [1.807, 2.05) is 0 Å². The summed E-state index contributed by atoms with van der Waals surface area (Å²) in [7, 11) is 0. The lowest BCUT2D eigenvalue weighted by Gasteiger charge is -2.34. The zero-order chi connectivity index (χ0) is 10.8. The fourth-order valence-corrected chi connectivity index (χ4v) is 2.09. The van der Waals surface area contributed by atoms with Crippen molar-refractivity contribution in [2.45, 2.75) is 45.4 Å². The average molecular weight is 213 g/mol. The van der Waals surface area contributed by atoms with Gasteiger partial charge in [0.1, 0.15) is 0 Å². The quantitative estimate of drug-likeness (QED) is 0.707. The van der Waals surface area contributed by atoms with Gasteiger partial charge in [-0.25, -0.2) is 0 Å². The molecule has 0 aromatic rings. The topological polar surface area (TPSA) is 21.7 Å². The Kier molecular flexibility index (Phi) is 3.65. The van der Waals surface area contributed by atoms with Gasteiger partial charge in [-0.1, -0.05) is 13.8 Å². The largest absolute Gasteiger partial charge is 0.378 e. The summed E-state index contributed by atoms with van der Waals surface area (Å²) in [5.74, 6) is 0.617. The molecule has 0 aromatic carbocycles. The first-order chi connectivity index (χ1) is 7.16. The Morgan fingerprint density at radius 1 is 1.27 bits per heavy atom. The van der Waals surface area contributed by atoms with Gasteiger partial charge in [-0.3, -0.25) is 4.90 Å². The average Bonchev–Trinajstić information content (AvgIpc) is 2.49. The number of rotatable bonds is 4. The van der Waals surface area contributed by atoms with Crippen LogP contribution in [0.1, 0.15) is 27.2 Å². The summed E-state index contributed by atoms with van der Waals surface area (Å²) in [6.45, 7) is 10.8. The van der Waals surface area contributed by atoms with Crippen LogP contribution in [0.25, 0.3) is 0 Å². The second-order valence-corrected chi connectivity index (χ2v) is 5.18. The molecule has 2 unspecified atom stereocenters. The van der Waals surface area contributed by atoms with Crippen molar-refractivity contribution < 1.29 is 9.47 Å². The second-order valence-electron chi connectivity index (χ2n) is 5.18. The molecule has 0 amide bonds. The SMILES string of the molecule is CC(C)C(C)OC1CCN(C2COC2)C1. The highest BCUT2D eigenvalue weighted by atomic mass is 16.5. The van der Waals surface area contributed by atoms with E-state index in [0.29, 0.717) is 24.2 Å². The third-order valence-corrected chi connectivity index (χ3v) is 3.66. The molecule has 15 heavy (non-hydrogen) atoms. The van der Waals surface area contributed by atoms with Gasteiger partial charge in [-0.2, -0.15) is 0 Å². The van der Waals surface area contributed by atoms with E-state index in [2.05, 4.69) is 25.7 Å². The maximum atomic E-state index is 6.04. The third-order valence-electron chi connectivity index (χ3n) is 3.66. The number of nitrogens with zero attached hydrogens (tertiary/aromatic N) is 1. The van der Waals surface area contributed by atoms with Gasteiger partial charge in [0.05, 0.1) is 31.5 Å². The molecule has 3 nitrogen and oxygen atoms in total. The predicted molar refractivity (Wildman–Crippen MR) is 60.0 cm³/mol. The van der Waals surface area contributed by atoms with E-state index in [9.17, 15) is 0 Å². The highest BCUT2D eigenvalue weighted by Gasteiger charge is 2.33. The molecule has 0 aromatic heterocycles. The molecule has 2 aliphatic rings. The molecule has 2 rings (SSSR count). The van der Waals surface area contributed by atoms with E-state index in [0.717, 1.165) is 19.8 Å². The molecule has 88 valence electrons. The van der Waals surface area contributed by atoms with Crippen LogP contribution in [0.2, 0.25) is 0 Å². The van der Waals surface area contributed by atoms with Gasteiger partial charge >= 0.3 is 0 Å². The fraction of sp³-hybridized carbons (Fsp3) is 1.00. The minimum Gasteiger partial charge on any atom is -0.378 e. The highest BCUT2D eigenvalue weighted by Crippen LogP contribution is 2.21. The summed E-state index contributed by atoms with van der Waals surface area (Å²) in [5.41, 5.74) is 0. The predicted octanol–water partition coefficient (Wildman–Crippen LogP) is 1.52. The molecular weight excluding hydrogens is 190 g/mol. The lowest BCUT2D eigenvalue weighted by atomic mass is 10.1. The second kappa shape index (κ2) is 4.81. The van der Waals surface area contributed by atoms with Crippen LogP contribution in [0.4, 0.5) is 0 Å². The van der Waals surface area contributed by atoms with E-state index >= 15 is 0 Å². The number of ether oxygens (including phenoxy) is 2. The van der Waals surface area contributed by atoms with Gasteiger partial charge in [-0.15, -0.1) is 0 Å². The van der Waals surface area contributed by atoms with Crippen LogP contribution < -0.4 is 0 Å². The Morgan fingerprint density at radius 2 is 2.00 bits per heavy atom. The van der Waals surface area contributed by atoms with Crippen molar-refractivity contribution in [3.63, 3.8) is 0 Å². The first kappa shape index (κ1) is 11.4. The van der Waals surface area contributed by atoms with E-state index in [1.54, 1.807) is 0 Å². The van der Waals surface area contributed by atoms with E-state index < -0.39 is 0 Å². The number of likely N-dealkylation sites (tertiary alicyclic amines) is 1. The fourth-order valence-electron chi connectivity index (χ4n) is 2.09. The van der Waals surface area contributed by atoms with Crippen LogP contribution >= 0.6 is 0 Å². The summed E-state index contributed by atoms with van der Waals surface area (Å²) >= 11 is 0. The Labute approximate surface area is 92.7 Å². The summed E-state index contributed by atoms with van der Waals surface area (Å²) in [6, 6.07) is 0.674. The van der Waals surface area contributed by atoms with Crippen LogP contribution in [0.5, 0.6) is 0 Å². The molecular formula is C12H23NO2. The molecule has 0 radical (unpaired) electrons. The maximum absolute atomic E-state index is 6.04. The summed E-state index contributed by atoms with van der Waals surface area (Å²) < 4.78 is 11.3. The van der Waals surface area contributed by atoms with Gasteiger partial charge < -0.3 is 9.47 Å². The monoisotopic (exact) mass is 213 g/mol. The normalized spacial score (nSPS) is 30.8. The van der Waals surface area contributed by atoms with Gasteiger partial charge in [0.2, 0.25) is 0 Å². The summed E-state index contributed by atoms with van der Waals surface area (Å²) in [4.78, 5) is 2.52. The third kappa shape index (κ3) is 2.71. The molecule has 0 bridgehead atoms. The van der Waals surface area contributed by atoms with E-state index in [1.165, 1.54) is 13.0 Å². The van der Waals surface area contributed by atoms with Gasteiger partial charge in [0.15, 0.2) is 0 Å². The minimum absolute atomic E-state index is 0.382. The zero-order valence-electron chi connectivity index (χ0n) is 10.1. The van der Waals surface area contributed by atoms with Gasteiger partial charge in [0, 0.05) is 13.1 Å². The molecule has 2 saturated heterocycles. The van der Waals surface area contributed by atoms with Crippen LogP contribution in [0.15, 0.2) is 0 Å². The molecule has 2 heterocycles. The van der Waals surface area contributed by atoms with Gasteiger partial charge in [0.25, 0.3) is 0 Å². The number of hydrogen-bond acceptors (Lipinski definition) is 3. The zero-order valence-corrected chi connectivity index (χ0v) is 10.1. The Morgan fingerprint density at radius 3 is 2.53 bits per heavy atom. The molecule has 0 spiro atoms. The summed E-state index contributed by atoms with van der Waals surface area (Å²) in [6.07, 6.45) is 2.02. The first-order valence-corrected chi connectivity index (χ1v) is 6.14. The van der Waals surface area contributed by atoms with E-state index in [4.69, 9.17) is 9.47 Å². The Bertz CT molecular complexity index is 204. The lowest BCUT2D eigenvalue weighted by molar-refractivity contribution is -0.0683. The standard InChI is InChI=1S/C12H23NO2/c1-9(2)10(3)15-12-4-5-13(6-12)11-7-14-8-11/h9-12H,4-8H2,1-3H3. The Hall–Kier alpha value is -0.120. The van der Waals surface area contributed by atoms with Crippen LogP contribution in [0, 0.1) is 5.92 Å². The molecule has 0 N–H and O–H groups in total. The first-order valence-electron chi connectivity index (χ1n) is 6.14. The highest BCUT2D eigenvalue weighted by molar-refractivity contribution is 4.85. The summed E-state index contributed by atoms with van der Waals surface area (Å²) in [5, 5.41) is 0. The van der Waals surface area contributed by atoms with Crippen molar-refractivity contribution in [3.8, 4) is 0 Å². The van der Waals surface area contributed by atoms with E-state index in [-0.39, 0.29) is 0 Å². The van der Waals surface area contributed by atoms with Crippen molar-refractivity contribution in [2.24, 2.45) is 5.92 Å². The molecule has 2 aliphatic heterocycles. The molecule has 0 aliphatic carbocycles. The molecule has 0 saturated carbocycles. The van der Waals surface area contributed by atoms with Crippen molar-refractivity contribution >= 4 is 0 Å². The van der Waals surface area contributed by atoms with Gasteiger partial charge in [-0.05, 0) is 19.3 Å². The van der Waals surface area contributed by atoms with Crippen molar-refractivity contribution in [3.05, 3.63) is 0 Å². The molecule has 3 heteroatoms. The van der Waals surface area contributed by atoms with Crippen LogP contribution in [0.3, 0.4) is 0 Å². The smallest absolute Gasteiger partial charge is 0.0718 e. The minimum atomic E-state index is 0.382. The maximum Gasteiger partial charge on any atom is 0.0718 e. The van der Waals surface area contributed by atoms with Crippen molar-refractivity contribution in [1.29, 1.82) is 0 Å². The van der Waals surface area contributed by atoms with Crippen LogP contribution in [-0.2, 0) is 9.47 Å².